The lowest BCUT2D eigenvalue weighted by Gasteiger charge is -2.49. The molecule has 2 saturated carbocycles. The standard InChI is InChI=1S/C12H20O/c1-9-4-3-5-10-8-11(13)6-7-12(9,10)2/h9-10H,3-8H2,1-2H3/t9-,10+,12+/m1/s1. The second-order valence-electron chi connectivity index (χ2n) is 5.28. The molecule has 1 nitrogen and oxygen atoms in total. The largest absolute Gasteiger partial charge is 0.300 e. The fraction of sp³-hybridized carbons (Fsp3) is 0.917. The molecule has 0 amide bonds. The van der Waals surface area contributed by atoms with Crippen molar-refractivity contribution in [2.45, 2.75) is 52.4 Å². The smallest absolute Gasteiger partial charge is 0.133 e. The normalized spacial score (nSPS) is 45.8. The third kappa shape index (κ3) is 1.43. The molecule has 0 saturated heterocycles. The SMILES string of the molecule is C[C@@H]1CCC[C@H]2CC(=O)CC[C@]21C. The summed E-state index contributed by atoms with van der Waals surface area (Å²) >= 11 is 0. The maximum Gasteiger partial charge on any atom is 0.133 e. The van der Waals surface area contributed by atoms with Crippen LogP contribution < -0.4 is 0 Å². The van der Waals surface area contributed by atoms with Gasteiger partial charge < -0.3 is 0 Å². The molecule has 0 aromatic heterocycles. The van der Waals surface area contributed by atoms with Gasteiger partial charge in [0.1, 0.15) is 5.78 Å². The van der Waals surface area contributed by atoms with Gasteiger partial charge in [-0.2, -0.15) is 0 Å². The Hall–Kier alpha value is -0.330. The third-order valence-corrected chi connectivity index (χ3v) is 4.66. The minimum atomic E-state index is 0.492. The van der Waals surface area contributed by atoms with E-state index in [9.17, 15) is 4.79 Å². The van der Waals surface area contributed by atoms with Crippen molar-refractivity contribution in [3.8, 4) is 0 Å². The van der Waals surface area contributed by atoms with Gasteiger partial charge in [0, 0.05) is 12.8 Å². The predicted octanol–water partition coefficient (Wildman–Crippen LogP) is 3.18. The van der Waals surface area contributed by atoms with E-state index < -0.39 is 0 Å². The van der Waals surface area contributed by atoms with Crippen LogP contribution >= 0.6 is 0 Å². The molecule has 2 aliphatic carbocycles. The molecule has 0 aliphatic heterocycles. The number of hydrogen-bond acceptors (Lipinski definition) is 1. The van der Waals surface area contributed by atoms with Crippen LogP contribution in [0.4, 0.5) is 0 Å². The summed E-state index contributed by atoms with van der Waals surface area (Å²) in [5.41, 5.74) is 0.492. The van der Waals surface area contributed by atoms with Crippen molar-refractivity contribution in [1.82, 2.24) is 0 Å². The van der Waals surface area contributed by atoms with E-state index in [1.165, 1.54) is 19.3 Å². The lowest BCUT2D eigenvalue weighted by atomic mass is 9.56. The quantitative estimate of drug-likeness (QED) is 0.559. The first-order chi connectivity index (χ1) is 6.13. The molecule has 0 heterocycles. The van der Waals surface area contributed by atoms with Crippen LogP contribution in [0.1, 0.15) is 52.4 Å². The number of carbonyl (C=O) groups is 1. The van der Waals surface area contributed by atoms with Crippen LogP contribution in [0.5, 0.6) is 0 Å². The first-order valence-corrected chi connectivity index (χ1v) is 5.64. The van der Waals surface area contributed by atoms with Gasteiger partial charge in [0.15, 0.2) is 0 Å². The number of rotatable bonds is 0. The van der Waals surface area contributed by atoms with Crippen LogP contribution in [0, 0.1) is 17.3 Å². The first kappa shape index (κ1) is 9.23. The van der Waals surface area contributed by atoms with Gasteiger partial charge in [-0.05, 0) is 30.1 Å². The Bertz CT molecular complexity index is 221. The number of carbonyl (C=O) groups excluding carboxylic acids is 1. The predicted molar refractivity (Wildman–Crippen MR) is 53.5 cm³/mol. The third-order valence-electron chi connectivity index (χ3n) is 4.66. The van der Waals surface area contributed by atoms with Crippen molar-refractivity contribution in [3.05, 3.63) is 0 Å². The molecule has 0 radical (unpaired) electrons. The highest BCUT2D eigenvalue weighted by atomic mass is 16.1. The molecule has 13 heavy (non-hydrogen) atoms. The van der Waals surface area contributed by atoms with Gasteiger partial charge in [0.25, 0.3) is 0 Å². The van der Waals surface area contributed by atoms with Gasteiger partial charge in [-0.15, -0.1) is 0 Å². The minimum Gasteiger partial charge on any atom is -0.300 e. The van der Waals surface area contributed by atoms with E-state index in [1.54, 1.807) is 0 Å². The van der Waals surface area contributed by atoms with Crippen molar-refractivity contribution in [2.75, 3.05) is 0 Å². The maximum atomic E-state index is 11.4. The Morgan fingerprint density at radius 3 is 2.92 bits per heavy atom. The fourth-order valence-electron chi connectivity index (χ4n) is 3.30. The van der Waals surface area contributed by atoms with E-state index in [-0.39, 0.29) is 0 Å². The van der Waals surface area contributed by atoms with E-state index in [4.69, 9.17) is 0 Å². The summed E-state index contributed by atoms with van der Waals surface area (Å²) < 4.78 is 0. The number of Topliss-reactive ketones (excluding diaryl/α,β-unsaturated/α-hetero) is 1. The molecule has 0 aromatic carbocycles. The maximum absolute atomic E-state index is 11.4. The molecule has 0 N–H and O–H groups in total. The van der Waals surface area contributed by atoms with Crippen LogP contribution in [-0.4, -0.2) is 5.78 Å². The molecule has 0 spiro atoms. The zero-order valence-corrected chi connectivity index (χ0v) is 8.81. The molecule has 74 valence electrons. The zero-order chi connectivity index (χ0) is 9.47. The van der Waals surface area contributed by atoms with Crippen LogP contribution in [-0.2, 0) is 4.79 Å². The number of ketones is 1. The molecule has 0 bridgehead atoms. The van der Waals surface area contributed by atoms with Gasteiger partial charge in [-0.25, -0.2) is 0 Å². The molecule has 0 unspecified atom stereocenters. The fourth-order valence-corrected chi connectivity index (χ4v) is 3.30. The molecule has 3 atom stereocenters. The van der Waals surface area contributed by atoms with Crippen LogP contribution in [0.2, 0.25) is 0 Å². The highest BCUT2D eigenvalue weighted by Gasteiger charge is 2.44. The monoisotopic (exact) mass is 180 g/mol. The summed E-state index contributed by atoms with van der Waals surface area (Å²) in [5.74, 6) is 2.05. The second kappa shape index (κ2) is 3.11. The summed E-state index contributed by atoms with van der Waals surface area (Å²) in [6.45, 7) is 4.79. The van der Waals surface area contributed by atoms with Crippen LogP contribution in [0.15, 0.2) is 0 Å². The van der Waals surface area contributed by atoms with Gasteiger partial charge in [0.05, 0.1) is 0 Å². The number of fused-ring (bicyclic) bond motifs is 1. The summed E-state index contributed by atoms with van der Waals surface area (Å²) in [6, 6.07) is 0. The minimum absolute atomic E-state index is 0.492. The highest BCUT2D eigenvalue weighted by molar-refractivity contribution is 5.79. The topological polar surface area (TPSA) is 17.1 Å². The van der Waals surface area contributed by atoms with Crippen molar-refractivity contribution < 1.29 is 4.79 Å². The van der Waals surface area contributed by atoms with E-state index in [0.717, 1.165) is 25.2 Å². The summed E-state index contributed by atoms with van der Waals surface area (Å²) in [6.07, 6.45) is 6.89. The molecular weight excluding hydrogens is 160 g/mol. The Labute approximate surface area is 80.9 Å². The lowest BCUT2D eigenvalue weighted by Crippen LogP contribution is -2.42. The first-order valence-electron chi connectivity index (χ1n) is 5.64. The number of hydrogen-bond donors (Lipinski definition) is 0. The summed E-state index contributed by atoms with van der Waals surface area (Å²) in [4.78, 5) is 11.4. The van der Waals surface area contributed by atoms with Gasteiger partial charge in [0.2, 0.25) is 0 Å². The second-order valence-corrected chi connectivity index (χ2v) is 5.28. The zero-order valence-electron chi connectivity index (χ0n) is 8.81. The highest BCUT2D eigenvalue weighted by Crippen LogP contribution is 2.52. The Morgan fingerprint density at radius 2 is 2.15 bits per heavy atom. The molecule has 0 aromatic rings. The average molecular weight is 180 g/mol. The average Bonchev–Trinajstić information content (AvgIpc) is 2.09. The van der Waals surface area contributed by atoms with Gasteiger partial charge >= 0.3 is 0 Å². The molecular formula is C12H20O. The van der Waals surface area contributed by atoms with E-state index in [2.05, 4.69) is 13.8 Å². The molecule has 2 fully saturated rings. The lowest BCUT2D eigenvalue weighted by molar-refractivity contribution is -0.127. The molecule has 2 rings (SSSR count). The summed E-state index contributed by atoms with van der Waals surface area (Å²) in [7, 11) is 0. The van der Waals surface area contributed by atoms with Gasteiger partial charge in [-0.1, -0.05) is 26.7 Å². The van der Waals surface area contributed by atoms with E-state index >= 15 is 0 Å². The van der Waals surface area contributed by atoms with Crippen molar-refractivity contribution in [2.24, 2.45) is 17.3 Å². The Balaban J connectivity index is 2.17. The van der Waals surface area contributed by atoms with Crippen LogP contribution in [0.25, 0.3) is 0 Å². The van der Waals surface area contributed by atoms with Crippen molar-refractivity contribution >= 4 is 5.78 Å². The molecule has 2 aliphatic rings. The molecule has 1 heteroatoms. The van der Waals surface area contributed by atoms with Crippen molar-refractivity contribution in [3.63, 3.8) is 0 Å². The van der Waals surface area contributed by atoms with E-state index in [0.29, 0.717) is 17.1 Å². The van der Waals surface area contributed by atoms with Gasteiger partial charge in [-0.3, -0.25) is 4.79 Å². The Kier molecular flexibility index (Phi) is 2.21. The van der Waals surface area contributed by atoms with Crippen molar-refractivity contribution in [1.29, 1.82) is 0 Å². The van der Waals surface area contributed by atoms with Crippen LogP contribution in [0.3, 0.4) is 0 Å². The van der Waals surface area contributed by atoms with E-state index in [1.807, 2.05) is 0 Å². The Morgan fingerprint density at radius 1 is 1.38 bits per heavy atom. The summed E-state index contributed by atoms with van der Waals surface area (Å²) in [5, 5.41) is 0.